The molecule has 19 heavy (non-hydrogen) atoms. The Bertz CT molecular complexity index is 433. The smallest absolute Gasteiger partial charge is 0.241 e. The molecule has 102 valence electrons. The van der Waals surface area contributed by atoms with E-state index < -0.39 is 0 Å². The molecule has 1 atom stereocenters. The van der Waals surface area contributed by atoms with Crippen LogP contribution in [0.2, 0.25) is 0 Å². The first-order valence-electron chi connectivity index (χ1n) is 7.08. The van der Waals surface area contributed by atoms with Gasteiger partial charge in [-0.05, 0) is 44.4 Å². The molecule has 2 fully saturated rings. The molecule has 0 saturated carbocycles. The molecule has 2 aliphatic rings. The standard InChI is InChI=1S/C14H20N4O/c19-14(12-4-3-7-15-12)17-11-5-6-13(16-10-11)18-8-1-2-9-18/h5-6,10,12,15H,1-4,7-9H2,(H,17,19)/t12-/m1/s1. The average Bonchev–Trinajstić information content (AvgIpc) is 3.13. The van der Waals surface area contributed by atoms with Gasteiger partial charge in [0, 0.05) is 13.1 Å². The van der Waals surface area contributed by atoms with Crippen molar-refractivity contribution in [2.45, 2.75) is 31.7 Å². The SMILES string of the molecule is O=C(Nc1ccc(N2CCCC2)nc1)[C@H]1CCCN1. The Labute approximate surface area is 113 Å². The third kappa shape index (κ3) is 2.87. The monoisotopic (exact) mass is 260 g/mol. The number of carbonyl (C=O) groups is 1. The third-order valence-corrected chi connectivity index (χ3v) is 3.82. The Kier molecular flexibility index (Phi) is 3.64. The molecule has 2 N–H and O–H groups in total. The number of carbonyl (C=O) groups excluding carboxylic acids is 1. The van der Waals surface area contributed by atoms with Crippen LogP contribution >= 0.6 is 0 Å². The predicted molar refractivity (Wildman–Crippen MR) is 75.3 cm³/mol. The van der Waals surface area contributed by atoms with Crippen LogP contribution in [0.25, 0.3) is 0 Å². The van der Waals surface area contributed by atoms with E-state index in [1.165, 1.54) is 12.8 Å². The van der Waals surface area contributed by atoms with E-state index in [4.69, 9.17) is 0 Å². The van der Waals surface area contributed by atoms with Crippen molar-refractivity contribution in [2.75, 3.05) is 29.9 Å². The van der Waals surface area contributed by atoms with E-state index in [2.05, 4.69) is 20.5 Å². The van der Waals surface area contributed by atoms with Crippen molar-refractivity contribution in [3.8, 4) is 0 Å². The van der Waals surface area contributed by atoms with E-state index in [1.54, 1.807) is 6.20 Å². The number of pyridine rings is 1. The number of anilines is 2. The molecule has 1 aromatic rings. The van der Waals surface area contributed by atoms with Gasteiger partial charge in [0.25, 0.3) is 0 Å². The van der Waals surface area contributed by atoms with Crippen LogP contribution in [0.15, 0.2) is 18.3 Å². The Hall–Kier alpha value is -1.62. The zero-order valence-electron chi connectivity index (χ0n) is 11.1. The zero-order chi connectivity index (χ0) is 13.1. The van der Waals surface area contributed by atoms with Crippen LogP contribution < -0.4 is 15.5 Å². The van der Waals surface area contributed by atoms with Gasteiger partial charge in [0.05, 0.1) is 17.9 Å². The lowest BCUT2D eigenvalue weighted by atomic mass is 10.2. The molecule has 2 aliphatic heterocycles. The van der Waals surface area contributed by atoms with Crippen LogP contribution in [0.5, 0.6) is 0 Å². The van der Waals surface area contributed by atoms with Gasteiger partial charge in [-0.1, -0.05) is 0 Å². The van der Waals surface area contributed by atoms with E-state index >= 15 is 0 Å². The molecule has 1 aromatic heterocycles. The normalized spacial score (nSPS) is 22.7. The molecule has 0 spiro atoms. The van der Waals surface area contributed by atoms with Gasteiger partial charge >= 0.3 is 0 Å². The zero-order valence-corrected chi connectivity index (χ0v) is 11.1. The lowest BCUT2D eigenvalue weighted by Gasteiger charge is -2.16. The molecule has 0 unspecified atom stereocenters. The first-order valence-corrected chi connectivity index (χ1v) is 7.08. The summed E-state index contributed by atoms with van der Waals surface area (Å²) < 4.78 is 0. The highest BCUT2D eigenvalue weighted by molar-refractivity contribution is 5.94. The summed E-state index contributed by atoms with van der Waals surface area (Å²) in [5.41, 5.74) is 0.779. The summed E-state index contributed by atoms with van der Waals surface area (Å²) in [6, 6.07) is 3.88. The molecule has 0 aliphatic carbocycles. The fourth-order valence-electron chi connectivity index (χ4n) is 2.73. The quantitative estimate of drug-likeness (QED) is 0.862. The van der Waals surface area contributed by atoms with Crippen LogP contribution in [0.1, 0.15) is 25.7 Å². The van der Waals surface area contributed by atoms with Gasteiger partial charge in [-0.25, -0.2) is 4.98 Å². The minimum atomic E-state index is -0.0433. The van der Waals surface area contributed by atoms with Crippen molar-refractivity contribution in [1.82, 2.24) is 10.3 Å². The lowest BCUT2D eigenvalue weighted by Crippen LogP contribution is -2.35. The second-order valence-corrected chi connectivity index (χ2v) is 5.24. The molecule has 3 rings (SSSR count). The molecule has 0 aromatic carbocycles. The molecule has 5 nitrogen and oxygen atoms in total. The molecular weight excluding hydrogens is 240 g/mol. The van der Waals surface area contributed by atoms with E-state index in [9.17, 15) is 4.79 Å². The number of nitrogens with zero attached hydrogens (tertiary/aromatic N) is 2. The Morgan fingerprint density at radius 3 is 2.79 bits per heavy atom. The first kappa shape index (κ1) is 12.4. The summed E-state index contributed by atoms with van der Waals surface area (Å²) in [5.74, 6) is 1.06. The van der Waals surface area contributed by atoms with Crippen molar-refractivity contribution >= 4 is 17.4 Å². The van der Waals surface area contributed by atoms with Gasteiger partial charge in [0.2, 0.25) is 5.91 Å². The van der Waals surface area contributed by atoms with Crippen LogP contribution in [-0.2, 0) is 4.79 Å². The lowest BCUT2D eigenvalue weighted by molar-refractivity contribution is -0.117. The Morgan fingerprint density at radius 2 is 2.16 bits per heavy atom. The van der Waals surface area contributed by atoms with Crippen LogP contribution in [0.3, 0.4) is 0 Å². The van der Waals surface area contributed by atoms with Crippen LogP contribution in [0, 0.1) is 0 Å². The van der Waals surface area contributed by atoms with Crippen molar-refractivity contribution in [3.05, 3.63) is 18.3 Å². The van der Waals surface area contributed by atoms with E-state index in [0.717, 1.165) is 44.0 Å². The summed E-state index contributed by atoms with van der Waals surface area (Å²) in [5, 5.41) is 6.11. The second kappa shape index (κ2) is 5.57. The third-order valence-electron chi connectivity index (χ3n) is 3.82. The summed E-state index contributed by atoms with van der Waals surface area (Å²) >= 11 is 0. The second-order valence-electron chi connectivity index (χ2n) is 5.24. The number of hydrogen-bond acceptors (Lipinski definition) is 4. The average molecular weight is 260 g/mol. The predicted octanol–water partition coefficient (Wildman–Crippen LogP) is 1.37. The summed E-state index contributed by atoms with van der Waals surface area (Å²) in [6.45, 7) is 3.11. The minimum Gasteiger partial charge on any atom is -0.357 e. The number of aromatic nitrogens is 1. The fraction of sp³-hybridized carbons (Fsp3) is 0.571. The van der Waals surface area contributed by atoms with Gasteiger partial charge in [-0.2, -0.15) is 0 Å². The van der Waals surface area contributed by atoms with E-state index in [-0.39, 0.29) is 11.9 Å². The summed E-state index contributed by atoms with van der Waals surface area (Å²) in [4.78, 5) is 18.7. The minimum absolute atomic E-state index is 0.0433. The topological polar surface area (TPSA) is 57.3 Å². The maximum Gasteiger partial charge on any atom is 0.241 e. The van der Waals surface area contributed by atoms with Gasteiger partial charge in [-0.15, -0.1) is 0 Å². The highest BCUT2D eigenvalue weighted by Crippen LogP contribution is 2.19. The van der Waals surface area contributed by atoms with Gasteiger partial charge in [0.1, 0.15) is 5.82 Å². The van der Waals surface area contributed by atoms with Crippen molar-refractivity contribution in [3.63, 3.8) is 0 Å². The highest BCUT2D eigenvalue weighted by atomic mass is 16.2. The molecular formula is C14H20N4O. The van der Waals surface area contributed by atoms with Crippen LogP contribution in [-0.4, -0.2) is 36.6 Å². The largest absolute Gasteiger partial charge is 0.357 e. The molecule has 2 saturated heterocycles. The van der Waals surface area contributed by atoms with Crippen LogP contribution in [0.4, 0.5) is 11.5 Å². The molecule has 3 heterocycles. The fourth-order valence-corrected chi connectivity index (χ4v) is 2.73. The van der Waals surface area contributed by atoms with Crippen molar-refractivity contribution in [1.29, 1.82) is 0 Å². The summed E-state index contributed by atoms with van der Waals surface area (Å²) in [7, 11) is 0. The van der Waals surface area contributed by atoms with Gasteiger partial charge in [-0.3, -0.25) is 4.79 Å². The highest BCUT2D eigenvalue weighted by Gasteiger charge is 2.22. The number of nitrogens with one attached hydrogen (secondary N) is 2. The molecule has 0 radical (unpaired) electrons. The number of hydrogen-bond donors (Lipinski definition) is 2. The van der Waals surface area contributed by atoms with Gasteiger partial charge in [0.15, 0.2) is 0 Å². The molecule has 0 bridgehead atoms. The van der Waals surface area contributed by atoms with Crippen molar-refractivity contribution in [2.24, 2.45) is 0 Å². The van der Waals surface area contributed by atoms with Gasteiger partial charge < -0.3 is 15.5 Å². The van der Waals surface area contributed by atoms with E-state index in [0.29, 0.717) is 0 Å². The number of rotatable bonds is 3. The van der Waals surface area contributed by atoms with Crippen molar-refractivity contribution < 1.29 is 4.79 Å². The summed E-state index contributed by atoms with van der Waals surface area (Å²) in [6.07, 6.45) is 6.23. The number of amides is 1. The maximum atomic E-state index is 11.9. The van der Waals surface area contributed by atoms with E-state index in [1.807, 2.05) is 12.1 Å². The first-order chi connectivity index (χ1) is 9.33. The maximum absolute atomic E-state index is 11.9. The Balaban J connectivity index is 1.60. The Morgan fingerprint density at radius 1 is 1.32 bits per heavy atom. The molecule has 5 heteroatoms. The molecule has 1 amide bonds.